The molecule has 0 spiro atoms. The van der Waals surface area contributed by atoms with E-state index >= 15 is 17.6 Å². The number of nitrogens with one attached hydrogen (secondary N) is 2. The monoisotopic (exact) mass is 1080 g/mol. The number of primary amides is 1. The lowest BCUT2D eigenvalue weighted by molar-refractivity contribution is -0.145. The normalized spacial score (nSPS) is 24.9. The average Bonchev–Trinajstić information content (AvgIpc) is 4.09. The number of rotatable bonds is 14. The summed E-state index contributed by atoms with van der Waals surface area (Å²) in [5, 5.41) is 19.7. The lowest BCUT2D eigenvalue weighted by Gasteiger charge is -2.45. The van der Waals surface area contributed by atoms with Gasteiger partial charge < -0.3 is 35.4 Å². The van der Waals surface area contributed by atoms with Crippen LogP contribution in [0.25, 0.3) is 22.0 Å². The summed E-state index contributed by atoms with van der Waals surface area (Å²) in [5.74, 6) is -6.33. The molecule has 1 saturated carbocycles. The zero-order chi connectivity index (χ0) is 54.7. The first kappa shape index (κ1) is 54.3. The highest BCUT2D eigenvalue weighted by Crippen LogP contribution is 2.57. The molecule has 5 aromatic rings. The molecule has 19 heteroatoms. The Morgan fingerprint density at radius 3 is 2.30 bits per heavy atom. The molecule has 3 saturated heterocycles. The van der Waals surface area contributed by atoms with Crippen LogP contribution >= 0.6 is 11.6 Å². The number of halogens is 5. The highest BCUT2D eigenvalue weighted by Gasteiger charge is 2.51. The van der Waals surface area contributed by atoms with Crippen LogP contribution in [0.5, 0.6) is 11.5 Å². The Balaban J connectivity index is 0.760. The fourth-order valence-corrected chi connectivity index (χ4v) is 13.6. The standard InChI is InChI=1S/C58H66ClF4N7O7/c1-31-45-43(29-41(61)49(59)48(45)47-37(54(64)73)10-12-42(50(47)62)76-27-26-71)77-58(31,35-8-6-5-7-9-35)30-65-36-14-20-57(3,21-15-36)56(75)70-24-16-33(17-25-70)32(2)69-22-18-34(19-23-69)46-40(60)28-39-52(67-68(4)53(39)51(46)63)38-11-13-44(72)66-55(38)74/h5-10,12,28-29,31-34,36,38,65,71H,11,13-27,30H2,1-4H3,(H2,64,73)(H,66,72,74)/t31-,32-,36?,38?,57?,58-/m0/s1. The van der Waals surface area contributed by atoms with Crippen LogP contribution < -0.4 is 25.8 Å². The predicted octanol–water partition coefficient (Wildman–Crippen LogP) is 8.88. The van der Waals surface area contributed by atoms with Gasteiger partial charge in [-0.05, 0) is 113 Å². The number of amides is 4. The second-order valence-electron chi connectivity index (χ2n) is 22.2. The second kappa shape index (κ2) is 21.6. The van der Waals surface area contributed by atoms with Crippen LogP contribution in [0, 0.1) is 34.6 Å². The summed E-state index contributed by atoms with van der Waals surface area (Å²) in [6.07, 6.45) is 5.96. The highest BCUT2D eigenvalue weighted by molar-refractivity contribution is 6.34. The van der Waals surface area contributed by atoms with Crippen molar-refractivity contribution in [2.45, 2.75) is 120 Å². The first-order valence-corrected chi connectivity index (χ1v) is 27.3. The van der Waals surface area contributed by atoms with Crippen LogP contribution in [-0.2, 0) is 27.0 Å². The predicted molar refractivity (Wildman–Crippen MR) is 282 cm³/mol. The molecule has 1 unspecified atom stereocenters. The summed E-state index contributed by atoms with van der Waals surface area (Å²) in [6, 6.07) is 14.7. The number of piperidine rings is 3. The van der Waals surface area contributed by atoms with Crippen LogP contribution in [0.2, 0.25) is 5.02 Å². The van der Waals surface area contributed by atoms with E-state index in [0.717, 1.165) is 18.4 Å². The molecule has 4 atom stereocenters. The van der Waals surface area contributed by atoms with Crippen LogP contribution in [0.3, 0.4) is 0 Å². The molecule has 1 aliphatic carbocycles. The van der Waals surface area contributed by atoms with Crippen molar-refractivity contribution in [2.24, 2.45) is 24.1 Å². The average molecular weight is 1080 g/mol. The molecule has 5 heterocycles. The minimum atomic E-state index is -1.14. The fourth-order valence-electron chi connectivity index (χ4n) is 13.3. The Morgan fingerprint density at radius 2 is 1.64 bits per heavy atom. The number of hydrogen-bond donors (Lipinski definition) is 4. The zero-order valence-electron chi connectivity index (χ0n) is 43.8. The number of likely N-dealkylation sites (tertiary alicyclic amines) is 2. The third-order valence-electron chi connectivity index (χ3n) is 17.8. The number of nitrogens with zero attached hydrogens (tertiary/aromatic N) is 4. The molecule has 4 aliphatic heterocycles. The molecule has 4 fully saturated rings. The van der Waals surface area contributed by atoms with Gasteiger partial charge in [-0.25, -0.2) is 17.6 Å². The number of ether oxygens (including phenoxy) is 2. The van der Waals surface area contributed by atoms with Gasteiger partial charge >= 0.3 is 0 Å². The van der Waals surface area contributed by atoms with E-state index in [9.17, 15) is 24.3 Å². The molecule has 4 aromatic carbocycles. The van der Waals surface area contributed by atoms with Gasteiger partial charge in [-0.2, -0.15) is 5.10 Å². The Kier molecular flexibility index (Phi) is 15.2. The van der Waals surface area contributed by atoms with Gasteiger partial charge in [0, 0.05) is 90.2 Å². The number of carbonyl (C=O) groups excluding carboxylic acids is 4. The van der Waals surface area contributed by atoms with E-state index in [-0.39, 0.29) is 106 Å². The number of hydrogen-bond acceptors (Lipinski definition) is 10. The van der Waals surface area contributed by atoms with E-state index in [1.807, 2.05) is 42.2 Å². The number of imide groups is 1. The van der Waals surface area contributed by atoms with E-state index in [1.54, 1.807) is 7.05 Å². The van der Waals surface area contributed by atoms with E-state index in [2.05, 4.69) is 34.5 Å². The Labute approximate surface area is 449 Å². The fraction of sp³-hybridized carbons (Fsp3) is 0.500. The van der Waals surface area contributed by atoms with Crippen molar-refractivity contribution in [2.75, 3.05) is 45.9 Å². The van der Waals surface area contributed by atoms with Gasteiger partial charge in [0.2, 0.25) is 23.6 Å². The Hall–Kier alpha value is -6.08. The molecule has 1 aromatic heterocycles. The van der Waals surface area contributed by atoms with Gasteiger partial charge in [0.25, 0.3) is 0 Å². The number of aliphatic hydroxyl groups excluding tert-OH is 1. The van der Waals surface area contributed by atoms with E-state index in [1.165, 1.54) is 28.9 Å². The SMILES string of the molecule is C[C@@H](C1CCN(C(=O)C2(C)CCC(NC[C@]3(c4ccccc4)Oc4cc(F)c(Cl)c(-c5c(C(N)=O)ccc(OCCO)c5F)c4[C@@H]3C)CC2)CC1)N1CCC(c2c(F)cc3c(C4CCC(=O)NC4=O)nn(C)c3c2F)CC1. The quantitative estimate of drug-likeness (QED) is 0.0620. The lowest BCUT2D eigenvalue weighted by Crippen LogP contribution is -2.52. The van der Waals surface area contributed by atoms with Crippen molar-refractivity contribution in [1.82, 2.24) is 30.2 Å². The topological polar surface area (TPSA) is 181 Å². The molecule has 5 aliphatic rings. The zero-order valence-corrected chi connectivity index (χ0v) is 44.6. The number of nitrogens with two attached hydrogens (primary N) is 1. The number of aryl methyl sites for hydroxylation is 1. The van der Waals surface area contributed by atoms with E-state index < -0.39 is 69.6 Å². The number of aliphatic hydroxyl groups is 1. The largest absolute Gasteiger partial charge is 0.488 e. The van der Waals surface area contributed by atoms with E-state index in [4.69, 9.17) is 26.8 Å². The summed E-state index contributed by atoms with van der Waals surface area (Å²) in [7, 11) is 1.59. The molecule has 14 nitrogen and oxygen atoms in total. The molecule has 0 bridgehead atoms. The number of fused-ring (bicyclic) bond motifs is 2. The van der Waals surface area contributed by atoms with Crippen LogP contribution in [0.15, 0.2) is 54.6 Å². The lowest BCUT2D eigenvalue weighted by atomic mass is 9.72. The van der Waals surface area contributed by atoms with Gasteiger partial charge in [0.1, 0.15) is 29.5 Å². The first-order valence-electron chi connectivity index (χ1n) is 26.9. The first-order chi connectivity index (χ1) is 36.8. The van der Waals surface area contributed by atoms with Crippen LogP contribution in [0.4, 0.5) is 17.6 Å². The van der Waals surface area contributed by atoms with Crippen molar-refractivity contribution < 1.29 is 51.3 Å². The van der Waals surface area contributed by atoms with Crippen LogP contribution in [-0.4, -0.2) is 106 Å². The third-order valence-corrected chi connectivity index (χ3v) is 18.2. The second-order valence-corrected chi connectivity index (χ2v) is 22.5. The Bertz CT molecular complexity index is 3120. The van der Waals surface area contributed by atoms with Crippen molar-refractivity contribution in [3.8, 4) is 22.6 Å². The molecule has 10 rings (SSSR count). The summed E-state index contributed by atoms with van der Waals surface area (Å²) < 4.78 is 78.4. The highest BCUT2D eigenvalue weighted by atomic mass is 35.5. The maximum atomic E-state index is 16.5. The summed E-state index contributed by atoms with van der Waals surface area (Å²) >= 11 is 6.74. The summed E-state index contributed by atoms with van der Waals surface area (Å²) in [5.41, 5.74) is 5.09. The molecular weight excluding hydrogens is 1020 g/mol. The maximum absolute atomic E-state index is 16.5. The number of carbonyl (C=O) groups is 4. The molecule has 4 amide bonds. The third kappa shape index (κ3) is 9.85. The summed E-state index contributed by atoms with van der Waals surface area (Å²) in [6.45, 7) is 8.46. The van der Waals surface area contributed by atoms with Gasteiger partial charge in [-0.3, -0.25) is 29.2 Å². The summed E-state index contributed by atoms with van der Waals surface area (Å²) in [4.78, 5) is 56.1. The Morgan fingerprint density at radius 1 is 0.935 bits per heavy atom. The van der Waals surface area contributed by atoms with Crippen LogP contribution in [0.1, 0.15) is 135 Å². The number of aromatic nitrogens is 2. The van der Waals surface area contributed by atoms with Crippen molar-refractivity contribution >= 4 is 46.1 Å². The van der Waals surface area contributed by atoms with Crippen molar-refractivity contribution in [3.05, 3.63) is 111 Å². The molecule has 410 valence electrons. The molecule has 5 N–H and O–H groups in total. The van der Waals surface area contributed by atoms with Gasteiger partial charge in [-0.15, -0.1) is 0 Å². The van der Waals surface area contributed by atoms with Gasteiger partial charge in [0.05, 0.1) is 28.8 Å². The van der Waals surface area contributed by atoms with Crippen molar-refractivity contribution in [1.29, 1.82) is 0 Å². The minimum absolute atomic E-state index is 0.00893. The van der Waals surface area contributed by atoms with Gasteiger partial charge in [-0.1, -0.05) is 55.8 Å². The molecule has 0 radical (unpaired) electrons. The minimum Gasteiger partial charge on any atom is -0.488 e. The van der Waals surface area contributed by atoms with Crippen molar-refractivity contribution in [3.63, 3.8) is 0 Å². The van der Waals surface area contributed by atoms with E-state index in [0.29, 0.717) is 76.2 Å². The van der Waals surface area contributed by atoms with Gasteiger partial charge in [0.15, 0.2) is 23.0 Å². The smallest absolute Gasteiger partial charge is 0.249 e. The molecule has 77 heavy (non-hydrogen) atoms. The number of benzene rings is 4. The maximum Gasteiger partial charge on any atom is 0.249 e. The molecular formula is C58H66ClF4N7O7.